The molecule has 0 heterocycles. The number of urea groups is 1. The van der Waals surface area contributed by atoms with Crippen LogP contribution < -0.4 is 11.1 Å². The van der Waals surface area contributed by atoms with Gasteiger partial charge in [-0.2, -0.15) is 0 Å². The standard InChI is InChI=1S/C17H22N2O3/c1-10(20)22-15-9-8-14-13(16(14)15)7-4-11-2-5-12(6-3-11)19-17(18)21/h2-3,5-6,13-16H,4,7-9H2,1H3,(H3,18,19,21). The maximum Gasteiger partial charge on any atom is 0.316 e. The number of carbonyl (C=O) groups is 2. The number of benzene rings is 1. The SMILES string of the molecule is CC(=O)OC1CCC2C(CCc3ccc(NC(N)=O)cc3)C12. The van der Waals surface area contributed by atoms with Crippen molar-refractivity contribution in [3.63, 3.8) is 0 Å². The molecule has 4 atom stereocenters. The van der Waals surface area contributed by atoms with Crippen molar-refractivity contribution in [2.75, 3.05) is 5.32 Å². The number of primary amides is 1. The Kier molecular flexibility index (Phi) is 4.05. The first-order chi connectivity index (χ1) is 10.5. The fourth-order valence-corrected chi connectivity index (χ4v) is 3.97. The van der Waals surface area contributed by atoms with Crippen LogP contribution in [0.15, 0.2) is 24.3 Å². The average molecular weight is 302 g/mol. The van der Waals surface area contributed by atoms with Crippen LogP contribution in [0.5, 0.6) is 0 Å². The molecule has 0 aliphatic heterocycles. The lowest BCUT2D eigenvalue weighted by Gasteiger charge is -2.14. The number of aryl methyl sites for hydroxylation is 1. The number of hydrogen-bond donors (Lipinski definition) is 2. The summed E-state index contributed by atoms with van der Waals surface area (Å²) in [5.74, 6) is 1.87. The van der Waals surface area contributed by atoms with Crippen LogP contribution in [-0.4, -0.2) is 18.1 Å². The largest absolute Gasteiger partial charge is 0.462 e. The van der Waals surface area contributed by atoms with Gasteiger partial charge in [0, 0.05) is 18.5 Å². The van der Waals surface area contributed by atoms with Gasteiger partial charge >= 0.3 is 12.0 Å². The molecular weight excluding hydrogens is 280 g/mol. The Morgan fingerprint density at radius 3 is 2.64 bits per heavy atom. The first-order valence-corrected chi connectivity index (χ1v) is 7.87. The Hall–Kier alpha value is -2.04. The Morgan fingerprint density at radius 2 is 2.00 bits per heavy atom. The highest BCUT2D eigenvalue weighted by molar-refractivity contribution is 5.87. The number of esters is 1. The Bertz CT molecular complexity index is 570. The summed E-state index contributed by atoms with van der Waals surface area (Å²) in [7, 11) is 0. The fourth-order valence-electron chi connectivity index (χ4n) is 3.97. The quantitative estimate of drug-likeness (QED) is 0.820. The van der Waals surface area contributed by atoms with E-state index in [1.807, 2.05) is 24.3 Å². The molecule has 3 rings (SSSR count). The van der Waals surface area contributed by atoms with Gasteiger partial charge in [0.1, 0.15) is 6.10 Å². The van der Waals surface area contributed by atoms with Crippen molar-refractivity contribution in [2.24, 2.45) is 23.5 Å². The molecule has 1 aromatic carbocycles. The van der Waals surface area contributed by atoms with E-state index in [2.05, 4.69) is 5.32 Å². The molecule has 1 aromatic rings. The highest BCUT2D eigenvalue weighted by atomic mass is 16.5. The topological polar surface area (TPSA) is 81.4 Å². The Balaban J connectivity index is 1.48. The zero-order chi connectivity index (χ0) is 15.7. The molecule has 2 aliphatic rings. The van der Waals surface area contributed by atoms with Gasteiger partial charge in [0.25, 0.3) is 0 Å². The molecule has 2 fully saturated rings. The lowest BCUT2D eigenvalue weighted by Crippen LogP contribution is -2.19. The molecule has 0 spiro atoms. The fraction of sp³-hybridized carbons (Fsp3) is 0.529. The number of amides is 2. The minimum Gasteiger partial charge on any atom is -0.462 e. The normalized spacial score (nSPS) is 28.8. The molecule has 118 valence electrons. The smallest absolute Gasteiger partial charge is 0.316 e. The first kappa shape index (κ1) is 14.9. The third kappa shape index (κ3) is 3.24. The number of rotatable bonds is 5. The Morgan fingerprint density at radius 1 is 1.27 bits per heavy atom. The molecule has 22 heavy (non-hydrogen) atoms. The minimum atomic E-state index is -0.546. The van der Waals surface area contributed by atoms with Crippen molar-refractivity contribution < 1.29 is 14.3 Å². The summed E-state index contributed by atoms with van der Waals surface area (Å²) in [5.41, 5.74) is 7.05. The Labute approximate surface area is 130 Å². The summed E-state index contributed by atoms with van der Waals surface area (Å²) in [6.07, 6.45) is 4.51. The second kappa shape index (κ2) is 5.99. The number of fused-ring (bicyclic) bond motifs is 1. The van der Waals surface area contributed by atoms with Crippen LogP contribution in [0.4, 0.5) is 10.5 Å². The van der Waals surface area contributed by atoms with Gasteiger partial charge in [0.15, 0.2) is 0 Å². The van der Waals surface area contributed by atoms with Crippen LogP contribution >= 0.6 is 0 Å². The summed E-state index contributed by atoms with van der Waals surface area (Å²) >= 11 is 0. The van der Waals surface area contributed by atoms with Gasteiger partial charge in [-0.1, -0.05) is 12.1 Å². The highest BCUT2D eigenvalue weighted by Crippen LogP contribution is 2.60. The molecular formula is C17H22N2O3. The van der Waals surface area contributed by atoms with E-state index >= 15 is 0 Å². The average Bonchev–Trinajstić information content (AvgIpc) is 3.00. The van der Waals surface area contributed by atoms with Crippen molar-refractivity contribution in [1.82, 2.24) is 0 Å². The van der Waals surface area contributed by atoms with Crippen molar-refractivity contribution in [3.8, 4) is 0 Å². The summed E-state index contributed by atoms with van der Waals surface area (Å²) in [6.45, 7) is 1.49. The molecule has 0 aromatic heterocycles. The zero-order valence-electron chi connectivity index (χ0n) is 12.7. The monoisotopic (exact) mass is 302 g/mol. The van der Waals surface area contributed by atoms with E-state index in [1.165, 1.54) is 18.9 Å². The summed E-state index contributed by atoms with van der Waals surface area (Å²) < 4.78 is 5.41. The van der Waals surface area contributed by atoms with Crippen LogP contribution in [0.2, 0.25) is 0 Å². The van der Waals surface area contributed by atoms with E-state index in [4.69, 9.17) is 10.5 Å². The number of nitrogens with two attached hydrogens (primary N) is 1. The number of hydrogen-bond acceptors (Lipinski definition) is 3. The van der Waals surface area contributed by atoms with Gasteiger partial charge in [0.2, 0.25) is 0 Å². The lowest BCUT2D eigenvalue weighted by atomic mass is 10.0. The molecule has 5 heteroatoms. The summed E-state index contributed by atoms with van der Waals surface area (Å²) in [6, 6.07) is 7.24. The van der Waals surface area contributed by atoms with Crippen LogP contribution in [0, 0.1) is 17.8 Å². The molecule has 0 radical (unpaired) electrons. The number of anilines is 1. The summed E-state index contributed by atoms with van der Waals surface area (Å²) in [4.78, 5) is 21.9. The van der Waals surface area contributed by atoms with Crippen LogP contribution in [-0.2, 0) is 16.0 Å². The predicted molar refractivity (Wildman–Crippen MR) is 83.2 cm³/mol. The summed E-state index contributed by atoms with van der Waals surface area (Å²) in [5, 5.41) is 2.56. The van der Waals surface area contributed by atoms with Crippen LogP contribution in [0.1, 0.15) is 31.7 Å². The molecule has 5 nitrogen and oxygen atoms in total. The van der Waals surface area contributed by atoms with Crippen LogP contribution in [0.25, 0.3) is 0 Å². The van der Waals surface area contributed by atoms with Crippen LogP contribution in [0.3, 0.4) is 0 Å². The van der Waals surface area contributed by atoms with E-state index in [0.717, 1.165) is 30.9 Å². The second-order valence-corrected chi connectivity index (χ2v) is 6.36. The van der Waals surface area contributed by atoms with Crippen molar-refractivity contribution in [1.29, 1.82) is 0 Å². The van der Waals surface area contributed by atoms with E-state index in [-0.39, 0.29) is 12.1 Å². The predicted octanol–water partition coefficient (Wildman–Crippen LogP) is 2.70. The number of carbonyl (C=O) groups excluding carboxylic acids is 2. The molecule has 2 aliphatic carbocycles. The zero-order valence-corrected chi connectivity index (χ0v) is 12.7. The minimum absolute atomic E-state index is 0.148. The molecule has 4 unspecified atom stereocenters. The third-order valence-corrected chi connectivity index (χ3v) is 4.92. The maximum absolute atomic E-state index is 11.1. The number of nitrogens with one attached hydrogen (secondary N) is 1. The van der Waals surface area contributed by atoms with Crippen molar-refractivity contribution in [3.05, 3.63) is 29.8 Å². The van der Waals surface area contributed by atoms with Gasteiger partial charge in [-0.25, -0.2) is 4.79 Å². The molecule has 3 N–H and O–H groups in total. The molecule has 2 amide bonds. The van der Waals surface area contributed by atoms with E-state index in [9.17, 15) is 9.59 Å². The third-order valence-electron chi connectivity index (χ3n) is 4.92. The second-order valence-electron chi connectivity index (χ2n) is 6.36. The van der Waals surface area contributed by atoms with E-state index in [0.29, 0.717) is 11.8 Å². The first-order valence-electron chi connectivity index (χ1n) is 7.87. The molecule has 0 bridgehead atoms. The van der Waals surface area contributed by atoms with Crippen molar-refractivity contribution >= 4 is 17.7 Å². The van der Waals surface area contributed by atoms with E-state index in [1.54, 1.807) is 0 Å². The van der Waals surface area contributed by atoms with Gasteiger partial charge < -0.3 is 15.8 Å². The highest BCUT2D eigenvalue weighted by Gasteiger charge is 2.58. The van der Waals surface area contributed by atoms with E-state index < -0.39 is 6.03 Å². The molecule has 2 saturated carbocycles. The van der Waals surface area contributed by atoms with Gasteiger partial charge in [-0.3, -0.25) is 4.79 Å². The number of ether oxygens (including phenoxy) is 1. The lowest BCUT2D eigenvalue weighted by molar-refractivity contribution is -0.147. The maximum atomic E-state index is 11.1. The van der Waals surface area contributed by atoms with Gasteiger partial charge in [-0.05, 0) is 55.2 Å². The van der Waals surface area contributed by atoms with Gasteiger partial charge in [-0.15, -0.1) is 0 Å². The van der Waals surface area contributed by atoms with Crippen molar-refractivity contribution in [2.45, 2.75) is 38.7 Å². The van der Waals surface area contributed by atoms with Gasteiger partial charge in [0.05, 0.1) is 0 Å². The molecule has 0 saturated heterocycles.